The summed E-state index contributed by atoms with van der Waals surface area (Å²) in [6.07, 6.45) is 5.82. The highest BCUT2D eigenvalue weighted by atomic mass is 19.4. The lowest BCUT2D eigenvalue weighted by Crippen LogP contribution is -2.42. The average Bonchev–Trinajstić information content (AvgIpc) is 3.28. The summed E-state index contributed by atoms with van der Waals surface area (Å²) in [5, 5.41) is 2.57. The minimum Gasteiger partial charge on any atom is -0.309 e. The van der Waals surface area contributed by atoms with Crippen LogP contribution in [-0.2, 0) is 17.5 Å². The zero-order valence-electron chi connectivity index (χ0n) is 19.5. The summed E-state index contributed by atoms with van der Waals surface area (Å²) in [6.45, 7) is 3.18. The van der Waals surface area contributed by atoms with Gasteiger partial charge in [0.25, 0.3) is 0 Å². The van der Waals surface area contributed by atoms with E-state index in [9.17, 15) is 18.0 Å². The van der Waals surface area contributed by atoms with Crippen molar-refractivity contribution in [1.29, 1.82) is 0 Å². The van der Waals surface area contributed by atoms with E-state index in [1.807, 2.05) is 12.4 Å². The van der Waals surface area contributed by atoms with E-state index in [1.54, 1.807) is 0 Å². The van der Waals surface area contributed by atoms with Crippen LogP contribution in [-0.4, -0.2) is 45.9 Å². The molecule has 4 unspecified atom stereocenters. The molecular formula is C25H31F3N6O. The molecule has 3 aliphatic rings. The molecule has 35 heavy (non-hydrogen) atoms. The molecule has 2 aliphatic heterocycles. The molecule has 0 spiro atoms. The van der Waals surface area contributed by atoms with Crippen LogP contribution < -0.4 is 16.2 Å². The van der Waals surface area contributed by atoms with Gasteiger partial charge in [0.1, 0.15) is 17.6 Å². The fraction of sp³-hybridized carbons (Fsp3) is 0.560. The normalized spacial score (nSPS) is 27.4. The fourth-order valence-corrected chi connectivity index (χ4v) is 5.68. The summed E-state index contributed by atoms with van der Waals surface area (Å²) in [5.41, 5.74) is 7.67. The highest BCUT2D eigenvalue weighted by Gasteiger charge is 2.44. The lowest BCUT2D eigenvalue weighted by atomic mass is 9.73. The second-order valence-corrected chi connectivity index (χ2v) is 9.91. The van der Waals surface area contributed by atoms with Crippen LogP contribution in [0.2, 0.25) is 0 Å². The number of amides is 1. The highest BCUT2D eigenvalue weighted by molar-refractivity contribution is 5.94. The van der Waals surface area contributed by atoms with E-state index < -0.39 is 17.9 Å². The minimum atomic E-state index is -4.56. The molecule has 4 atom stereocenters. The summed E-state index contributed by atoms with van der Waals surface area (Å²) < 4.78 is 39.0. The first-order chi connectivity index (χ1) is 16.9. The molecule has 0 aromatic carbocycles. The molecule has 1 aliphatic carbocycles. The van der Waals surface area contributed by atoms with Crippen LogP contribution in [0.1, 0.15) is 61.3 Å². The van der Waals surface area contributed by atoms with Crippen molar-refractivity contribution >= 4 is 11.7 Å². The Morgan fingerprint density at radius 1 is 1.11 bits per heavy atom. The Balaban J connectivity index is 1.25. The van der Waals surface area contributed by atoms with E-state index in [4.69, 9.17) is 0 Å². The van der Waals surface area contributed by atoms with E-state index >= 15 is 0 Å². The molecule has 3 N–H and O–H groups in total. The lowest BCUT2D eigenvalue weighted by molar-refractivity contribution is -0.141. The Morgan fingerprint density at radius 2 is 1.94 bits per heavy atom. The number of hydrazine groups is 1. The van der Waals surface area contributed by atoms with Crippen LogP contribution in [0.15, 0.2) is 36.7 Å². The number of likely N-dealkylation sites (tertiary alicyclic amines) is 1. The standard InChI is InChI=1S/C25H31F3N6O/c26-25(27,28)21-5-4-6-22(30-21)31-24(35)23-19-12-17(7-8-20(19)32-33-23)18-11-16(13-29-14-18)15-34-9-2-1-3-10-34/h4-6,11,13-14,17,19-20,23,32-33H,1-3,7-10,12,15H2,(H,30,31,35). The number of anilines is 1. The second kappa shape index (κ2) is 10.2. The summed E-state index contributed by atoms with van der Waals surface area (Å²) in [7, 11) is 0. The molecule has 0 bridgehead atoms. The van der Waals surface area contributed by atoms with Crippen molar-refractivity contribution in [3.05, 3.63) is 53.5 Å². The Hall–Kier alpha value is -2.56. The van der Waals surface area contributed by atoms with Gasteiger partial charge in [0.15, 0.2) is 0 Å². The number of piperidine rings is 1. The summed E-state index contributed by atoms with van der Waals surface area (Å²) in [6, 6.07) is 5.35. The van der Waals surface area contributed by atoms with Gasteiger partial charge in [-0.3, -0.25) is 20.1 Å². The van der Waals surface area contributed by atoms with Gasteiger partial charge in [-0.2, -0.15) is 13.2 Å². The lowest BCUT2D eigenvalue weighted by Gasteiger charge is -2.33. The number of nitrogens with zero attached hydrogens (tertiary/aromatic N) is 3. The van der Waals surface area contributed by atoms with Gasteiger partial charge in [0.2, 0.25) is 5.91 Å². The minimum absolute atomic E-state index is 0.0188. The Labute approximate surface area is 202 Å². The zero-order valence-corrected chi connectivity index (χ0v) is 19.5. The second-order valence-electron chi connectivity index (χ2n) is 9.91. The first-order valence-corrected chi connectivity index (χ1v) is 12.4. The largest absolute Gasteiger partial charge is 0.433 e. The van der Waals surface area contributed by atoms with Gasteiger partial charge >= 0.3 is 6.18 Å². The molecule has 5 rings (SSSR count). The Bertz CT molecular complexity index is 1040. The number of pyridine rings is 2. The van der Waals surface area contributed by atoms with E-state index in [0.717, 1.165) is 45.0 Å². The number of hydrogen-bond acceptors (Lipinski definition) is 6. The first-order valence-electron chi connectivity index (χ1n) is 12.4. The van der Waals surface area contributed by atoms with Crippen LogP contribution in [0.25, 0.3) is 0 Å². The molecule has 1 amide bonds. The summed E-state index contributed by atoms with van der Waals surface area (Å²) in [4.78, 5) is 23.6. The van der Waals surface area contributed by atoms with Crippen LogP contribution >= 0.6 is 0 Å². The van der Waals surface area contributed by atoms with Crippen LogP contribution in [0.3, 0.4) is 0 Å². The smallest absolute Gasteiger partial charge is 0.309 e. The third-order valence-corrected chi connectivity index (χ3v) is 7.47. The summed E-state index contributed by atoms with van der Waals surface area (Å²) in [5.74, 6) is -0.175. The van der Waals surface area contributed by atoms with Gasteiger partial charge in [-0.1, -0.05) is 18.6 Å². The third-order valence-electron chi connectivity index (χ3n) is 7.47. The van der Waals surface area contributed by atoms with E-state index in [0.29, 0.717) is 0 Å². The van der Waals surface area contributed by atoms with E-state index in [-0.39, 0.29) is 29.6 Å². The Kier molecular flexibility index (Phi) is 7.04. The van der Waals surface area contributed by atoms with Crippen molar-refractivity contribution in [2.24, 2.45) is 5.92 Å². The molecule has 7 nitrogen and oxygen atoms in total. The number of nitrogens with one attached hydrogen (secondary N) is 3. The van der Waals surface area contributed by atoms with Gasteiger partial charge < -0.3 is 5.32 Å². The van der Waals surface area contributed by atoms with Gasteiger partial charge in [0, 0.05) is 30.9 Å². The number of carbonyl (C=O) groups excluding carboxylic acids is 1. The molecule has 2 aromatic heterocycles. The molecule has 4 heterocycles. The molecule has 2 saturated heterocycles. The first kappa shape index (κ1) is 24.1. The van der Waals surface area contributed by atoms with Crippen molar-refractivity contribution in [3.8, 4) is 0 Å². The van der Waals surface area contributed by atoms with Crippen molar-refractivity contribution in [1.82, 2.24) is 25.7 Å². The van der Waals surface area contributed by atoms with Crippen molar-refractivity contribution in [2.75, 3.05) is 18.4 Å². The summed E-state index contributed by atoms with van der Waals surface area (Å²) >= 11 is 0. The Morgan fingerprint density at radius 3 is 2.74 bits per heavy atom. The van der Waals surface area contributed by atoms with Crippen molar-refractivity contribution in [2.45, 2.75) is 69.2 Å². The van der Waals surface area contributed by atoms with Gasteiger partial charge in [-0.25, -0.2) is 10.4 Å². The maximum absolute atomic E-state index is 13.0. The van der Waals surface area contributed by atoms with Crippen LogP contribution in [0, 0.1) is 5.92 Å². The maximum atomic E-state index is 13.0. The van der Waals surface area contributed by atoms with Crippen LogP contribution in [0.4, 0.5) is 19.0 Å². The predicted molar refractivity (Wildman–Crippen MR) is 125 cm³/mol. The topological polar surface area (TPSA) is 82.2 Å². The number of alkyl halides is 3. The van der Waals surface area contributed by atoms with E-state index in [2.05, 4.69) is 37.1 Å². The molecule has 2 aromatic rings. The number of aromatic nitrogens is 2. The monoisotopic (exact) mass is 488 g/mol. The number of rotatable bonds is 5. The molecule has 0 radical (unpaired) electrons. The maximum Gasteiger partial charge on any atom is 0.433 e. The van der Waals surface area contributed by atoms with Gasteiger partial charge in [-0.15, -0.1) is 0 Å². The number of fused-ring (bicyclic) bond motifs is 1. The third kappa shape index (κ3) is 5.65. The molecule has 188 valence electrons. The fourth-order valence-electron chi connectivity index (χ4n) is 5.68. The van der Waals surface area contributed by atoms with Crippen molar-refractivity contribution in [3.63, 3.8) is 0 Å². The predicted octanol–water partition coefficient (Wildman–Crippen LogP) is 3.85. The number of hydrogen-bond donors (Lipinski definition) is 3. The quantitative estimate of drug-likeness (QED) is 0.593. The number of carbonyl (C=O) groups is 1. The molecular weight excluding hydrogens is 457 g/mol. The number of halogens is 3. The zero-order chi connectivity index (χ0) is 24.4. The molecule has 3 fully saturated rings. The molecule has 1 saturated carbocycles. The average molecular weight is 489 g/mol. The highest BCUT2D eigenvalue weighted by Crippen LogP contribution is 2.40. The van der Waals surface area contributed by atoms with Gasteiger partial charge in [-0.05, 0) is 74.4 Å². The molecule has 10 heteroatoms. The van der Waals surface area contributed by atoms with Gasteiger partial charge in [0.05, 0.1) is 0 Å². The van der Waals surface area contributed by atoms with Crippen molar-refractivity contribution < 1.29 is 18.0 Å². The SMILES string of the molecule is O=C(Nc1cccc(C(F)(F)F)n1)C1NNC2CCC(c3cncc(CN4CCCCC4)c3)CC21. The van der Waals surface area contributed by atoms with Crippen LogP contribution in [0.5, 0.6) is 0 Å². The van der Waals surface area contributed by atoms with E-state index in [1.165, 1.54) is 42.5 Å².